The summed E-state index contributed by atoms with van der Waals surface area (Å²) in [6.07, 6.45) is 7.04. The van der Waals surface area contributed by atoms with Gasteiger partial charge in [-0.25, -0.2) is 14.8 Å². The van der Waals surface area contributed by atoms with Crippen molar-refractivity contribution in [2.45, 2.75) is 41.6 Å². The normalized spacial score (nSPS) is 19.8. The molecule has 1 aromatic carbocycles. The molecule has 2 fully saturated rings. The minimum Gasteiger partial charge on any atom is -0.445 e. The first kappa shape index (κ1) is 25.0. The molecule has 188 valence electrons. The number of nitrogens with one attached hydrogen (secondary N) is 3. The lowest BCUT2D eigenvalue weighted by Crippen LogP contribution is -2.33. The third-order valence-electron chi connectivity index (χ3n) is 6.26. The van der Waals surface area contributed by atoms with E-state index >= 15 is 0 Å². The lowest BCUT2D eigenvalue weighted by atomic mass is 10.1. The zero-order chi connectivity index (χ0) is 25.1. The Morgan fingerprint density at radius 1 is 1.06 bits per heavy atom. The average molecular weight is 548 g/mol. The number of amides is 1. The largest absolute Gasteiger partial charge is 0.445 e. The molecular weight excluding hydrogens is 523 g/mol. The first-order valence-electron chi connectivity index (χ1n) is 11.8. The summed E-state index contributed by atoms with van der Waals surface area (Å²) in [6, 6.07) is 7.94. The maximum absolute atomic E-state index is 12.5. The topological polar surface area (TPSA) is 98.9 Å². The van der Waals surface area contributed by atoms with E-state index in [1.807, 2.05) is 36.7 Å². The molecule has 4 heterocycles. The van der Waals surface area contributed by atoms with E-state index < -0.39 is 9.89 Å². The third-order valence-corrected chi connectivity index (χ3v) is 6.59. The lowest BCUT2D eigenvalue weighted by Gasteiger charge is -2.23. The summed E-state index contributed by atoms with van der Waals surface area (Å²) in [7, 11) is 0. The van der Waals surface area contributed by atoms with Crippen LogP contribution in [0.4, 0.5) is 4.79 Å². The molecule has 1 amide bonds. The Hall–Kier alpha value is -2.70. The SMILES string of the molecule is O=C(OCC(Cl)(Cl)Cl)N1CCC[C@H]1c1nc(-c2ccc(C#Cc3c[nH]c([C@@H]4CCCN4)n3)cc2)c[nH]1. The van der Waals surface area contributed by atoms with Crippen LogP contribution in [0, 0.1) is 11.8 Å². The summed E-state index contributed by atoms with van der Waals surface area (Å²) in [5, 5.41) is 3.43. The molecule has 3 aromatic rings. The van der Waals surface area contributed by atoms with Crippen LogP contribution in [0.15, 0.2) is 36.7 Å². The summed E-state index contributed by atoms with van der Waals surface area (Å²) in [4.78, 5) is 29.9. The summed E-state index contributed by atoms with van der Waals surface area (Å²) in [5.74, 6) is 7.93. The van der Waals surface area contributed by atoms with Gasteiger partial charge < -0.3 is 20.0 Å². The number of aromatic amines is 2. The highest BCUT2D eigenvalue weighted by molar-refractivity contribution is 6.67. The molecule has 2 aliphatic heterocycles. The number of H-pyrrole nitrogens is 2. The van der Waals surface area contributed by atoms with Gasteiger partial charge in [0.05, 0.1) is 17.8 Å². The highest BCUT2D eigenvalue weighted by Gasteiger charge is 2.34. The van der Waals surface area contributed by atoms with E-state index in [-0.39, 0.29) is 12.6 Å². The molecular formula is C25H25Cl3N6O2. The summed E-state index contributed by atoms with van der Waals surface area (Å²) in [5.41, 5.74) is 3.35. The Morgan fingerprint density at radius 2 is 1.86 bits per heavy atom. The molecule has 11 heteroatoms. The van der Waals surface area contributed by atoms with Gasteiger partial charge in [0, 0.05) is 30.1 Å². The van der Waals surface area contributed by atoms with Crippen molar-refractivity contribution in [3.63, 3.8) is 0 Å². The second-order valence-corrected chi connectivity index (χ2v) is 11.4. The van der Waals surface area contributed by atoms with Crippen LogP contribution in [0.5, 0.6) is 0 Å². The van der Waals surface area contributed by atoms with Gasteiger partial charge in [-0.1, -0.05) is 52.9 Å². The molecule has 2 atom stereocenters. The monoisotopic (exact) mass is 546 g/mol. The molecule has 0 saturated carbocycles. The fraction of sp³-hybridized carbons (Fsp3) is 0.400. The Kier molecular flexibility index (Phi) is 7.44. The summed E-state index contributed by atoms with van der Waals surface area (Å²) in [6.45, 7) is 1.28. The van der Waals surface area contributed by atoms with Crippen LogP contribution < -0.4 is 5.32 Å². The maximum atomic E-state index is 12.5. The fourth-order valence-electron chi connectivity index (χ4n) is 4.51. The number of benzene rings is 1. The van der Waals surface area contributed by atoms with Crippen molar-refractivity contribution in [3.8, 4) is 23.1 Å². The smallest absolute Gasteiger partial charge is 0.410 e. The minimum atomic E-state index is -1.65. The Balaban J connectivity index is 1.23. The van der Waals surface area contributed by atoms with Crippen molar-refractivity contribution in [2.24, 2.45) is 0 Å². The maximum Gasteiger partial charge on any atom is 0.410 e. The Bertz CT molecular complexity index is 1270. The number of carbonyl (C=O) groups is 1. The molecule has 0 spiro atoms. The van der Waals surface area contributed by atoms with Crippen molar-refractivity contribution < 1.29 is 9.53 Å². The average Bonchev–Trinajstić information content (AvgIpc) is 3.67. The zero-order valence-electron chi connectivity index (χ0n) is 19.4. The van der Waals surface area contributed by atoms with Crippen LogP contribution in [0.2, 0.25) is 0 Å². The van der Waals surface area contributed by atoms with Crippen molar-refractivity contribution in [1.82, 2.24) is 30.2 Å². The second kappa shape index (κ2) is 10.7. The predicted octanol–water partition coefficient (Wildman–Crippen LogP) is 5.27. The molecule has 0 unspecified atom stereocenters. The van der Waals surface area contributed by atoms with Gasteiger partial charge >= 0.3 is 6.09 Å². The number of imidazole rings is 2. The van der Waals surface area contributed by atoms with Gasteiger partial charge in [-0.2, -0.15) is 0 Å². The summed E-state index contributed by atoms with van der Waals surface area (Å²) < 4.78 is 3.51. The van der Waals surface area contributed by atoms with Crippen LogP contribution in [0.25, 0.3) is 11.3 Å². The van der Waals surface area contributed by atoms with Gasteiger partial charge in [0.2, 0.25) is 3.79 Å². The number of hydrogen-bond acceptors (Lipinski definition) is 5. The zero-order valence-corrected chi connectivity index (χ0v) is 21.6. The van der Waals surface area contributed by atoms with Crippen molar-refractivity contribution in [2.75, 3.05) is 19.7 Å². The van der Waals surface area contributed by atoms with E-state index in [1.54, 1.807) is 4.90 Å². The molecule has 2 aliphatic rings. The molecule has 2 saturated heterocycles. The van der Waals surface area contributed by atoms with Crippen LogP contribution in [-0.2, 0) is 4.74 Å². The molecule has 0 aliphatic carbocycles. The van der Waals surface area contributed by atoms with E-state index in [0.29, 0.717) is 18.4 Å². The van der Waals surface area contributed by atoms with Gasteiger partial charge in [-0.3, -0.25) is 4.90 Å². The van der Waals surface area contributed by atoms with Gasteiger partial charge in [-0.05, 0) is 50.3 Å². The molecule has 2 aromatic heterocycles. The quantitative estimate of drug-likeness (QED) is 0.305. The standard InChI is InChI=1S/C25H25Cl3N6O2/c26-25(27,28)15-36-24(35)34-12-2-4-21(34)23-31-14-20(33-23)17-8-5-16(6-9-17)7-10-18-13-30-22(32-18)19-3-1-11-29-19/h5-6,8-9,13-14,19,21,29H,1-4,11-12,15H2,(H,30,32)(H,31,33)/t19-,21-/m0/s1. The number of carbonyl (C=O) groups excluding carboxylic acids is 1. The van der Waals surface area contributed by atoms with Crippen LogP contribution >= 0.6 is 34.8 Å². The molecule has 5 rings (SSSR count). The second-order valence-electron chi connectivity index (χ2n) is 8.84. The van der Waals surface area contributed by atoms with Gasteiger partial charge in [0.25, 0.3) is 0 Å². The highest BCUT2D eigenvalue weighted by atomic mass is 35.6. The first-order valence-corrected chi connectivity index (χ1v) is 13.0. The van der Waals surface area contributed by atoms with E-state index in [1.165, 1.54) is 6.42 Å². The molecule has 3 N–H and O–H groups in total. The van der Waals surface area contributed by atoms with E-state index in [4.69, 9.17) is 44.5 Å². The number of rotatable bonds is 4. The number of nitrogens with zero attached hydrogens (tertiary/aromatic N) is 3. The first-order chi connectivity index (χ1) is 17.4. The number of alkyl halides is 3. The van der Waals surface area contributed by atoms with Crippen LogP contribution in [-0.4, -0.2) is 54.4 Å². The molecule has 0 bridgehead atoms. The molecule has 0 radical (unpaired) electrons. The number of hydrogen-bond donors (Lipinski definition) is 3. The highest BCUT2D eigenvalue weighted by Crippen LogP contribution is 2.33. The van der Waals surface area contributed by atoms with E-state index in [9.17, 15) is 4.79 Å². The van der Waals surface area contributed by atoms with Gasteiger partial charge in [0.15, 0.2) is 0 Å². The Morgan fingerprint density at radius 3 is 2.61 bits per heavy atom. The number of halogens is 3. The fourth-order valence-corrected chi connectivity index (χ4v) is 4.67. The van der Waals surface area contributed by atoms with Gasteiger partial charge in [0.1, 0.15) is 23.9 Å². The lowest BCUT2D eigenvalue weighted by molar-refractivity contribution is 0.0985. The van der Waals surface area contributed by atoms with E-state index in [2.05, 4.69) is 32.1 Å². The predicted molar refractivity (Wildman–Crippen MR) is 139 cm³/mol. The summed E-state index contributed by atoms with van der Waals surface area (Å²) >= 11 is 17.1. The Labute approximate surface area is 224 Å². The van der Waals surface area contributed by atoms with E-state index in [0.717, 1.165) is 54.1 Å². The number of ether oxygens (including phenoxy) is 1. The van der Waals surface area contributed by atoms with Crippen LogP contribution in [0.3, 0.4) is 0 Å². The molecule has 8 nitrogen and oxygen atoms in total. The third kappa shape index (κ3) is 5.98. The number of aromatic nitrogens is 4. The van der Waals surface area contributed by atoms with Crippen molar-refractivity contribution in [3.05, 3.63) is 59.6 Å². The van der Waals surface area contributed by atoms with Crippen molar-refractivity contribution >= 4 is 40.9 Å². The van der Waals surface area contributed by atoms with Crippen LogP contribution in [0.1, 0.15) is 60.7 Å². The van der Waals surface area contributed by atoms with Gasteiger partial charge in [-0.15, -0.1) is 0 Å². The number of likely N-dealkylation sites (tertiary alicyclic amines) is 1. The molecule has 36 heavy (non-hydrogen) atoms. The minimum absolute atomic E-state index is 0.218. The van der Waals surface area contributed by atoms with Crippen molar-refractivity contribution in [1.29, 1.82) is 0 Å².